The summed E-state index contributed by atoms with van der Waals surface area (Å²) in [4.78, 5) is 0. The SMILES string of the molecule is CCC(CBC(N)(c1ccccc1)c1ccccc1)CBC(N)(c1ccccc1)c1ccccc1. The fourth-order valence-electron chi connectivity index (χ4n) is 5.27. The monoisotopic (exact) mass is 458 g/mol. The zero-order valence-corrected chi connectivity index (χ0v) is 20.8. The van der Waals surface area contributed by atoms with Crippen molar-refractivity contribution in [1.29, 1.82) is 0 Å². The van der Waals surface area contributed by atoms with Gasteiger partial charge in [0.25, 0.3) is 0 Å². The zero-order chi connectivity index (χ0) is 24.6. The highest BCUT2D eigenvalue weighted by atomic mass is 14.7. The lowest BCUT2D eigenvalue weighted by Crippen LogP contribution is -2.46. The van der Waals surface area contributed by atoms with E-state index in [-0.39, 0.29) is 0 Å². The molecule has 4 aromatic rings. The predicted octanol–water partition coefficient (Wildman–Crippen LogP) is 5.44. The van der Waals surface area contributed by atoms with E-state index in [0.29, 0.717) is 5.92 Å². The maximum absolute atomic E-state index is 7.18. The average Bonchev–Trinajstić information content (AvgIpc) is 2.94. The van der Waals surface area contributed by atoms with Gasteiger partial charge >= 0.3 is 0 Å². The molecule has 0 unspecified atom stereocenters. The van der Waals surface area contributed by atoms with Gasteiger partial charge in [0.1, 0.15) is 0 Å². The summed E-state index contributed by atoms with van der Waals surface area (Å²) in [5.74, 6) is 0.542. The molecule has 0 aliphatic carbocycles. The van der Waals surface area contributed by atoms with Gasteiger partial charge in [-0.3, -0.25) is 0 Å². The Kier molecular flexibility index (Phi) is 8.28. The van der Waals surface area contributed by atoms with Gasteiger partial charge in [-0.1, -0.05) is 153 Å². The van der Waals surface area contributed by atoms with Crippen LogP contribution in [0.3, 0.4) is 0 Å². The Morgan fingerprint density at radius 3 is 1.00 bits per heavy atom. The predicted molar refractivity (Wildman–Crippen MR) is 153 cm³/mol. The fourth-order valence-corrected chi connectivity index (χ4v) is 5.27. The van der Waals surface area contributed by atoms with Crippen molar-refractivity contribution < 1.29 is 0 Å². The summed E-state index contributed by atoms with van der Waals surface area (Å²) in [6.07, 6.45) is 3.21. The summed E-state index contributed by atoms with van der Waals surface area (Å²) in [5, 5.41) is 0. The third-order valence-corrected chi connectivity index (χ3v) is 7.63. The molecule has 0 saturated heterocycles. The molecule has 4 N–H and O–H groups in total. The summed E-state index contributed by atoms with van der Waals surface area (Å²) in [6.45, 7) is 2.29. The quantitative estimate of drug-likeness (QED) is 0.294. The summed E-state index contributed by atoms with van der Waals surface area (Å²) < 4.78 is 0. The van der Waals surface area contributed by atoms with Crippen molar-refractivity contribution in [1.82, 2.24) is 0 Å². The van der Waals surface area contributed by atoms with Gasteiger partial charge in [-0.15, -0.1) is 0 Å². The van der Waals surface area contributed by atoms with Crippen molar-refractivity contribution in [2.24, 2.45) is 17.4 Å². The highest BCUT2D eigenvalue weighted by molar-refractivity contribution is 6.43. The lowest BCUT2D eigenvalue weighted by atomic mass is 9.45. The summed E-state index contributed by atoms with van der Waals surface area (Å²) in [7, 11) is 1.79. The first-order valence-corrected chi connectivity index (χ1v) is 12.9. The van der Waals surface area contributed by atoms with Gasteiger partial charge in [-0.25, -0.2) is 0 Å². The Morgan fingerprint density at radius 2 is 0.771 bits per heavy atom. The highest BCUT2D eigenvalue weighted by Gasteiger charge is 2.34. The molecule has 4 rings (SSSR count). The van der Waals surface area contributed by atoms with Gasteiger partial charge in [-0.05, 0) is 22.3 Å². The van der Waals surface area contributed by atoms with Gasteiger partial charge < -0.3 is 11.5 Å². The van der Waals surface area contributed by atoms with Crippen molar-refractivity contribution >= 4 is 14.6 Å². The Morgan fingerprint density at radius 1 is 0.514 bits per heavy atom. The largest absolute Gasteiger partial charge is 0.325 e. The van der Waals surface area contributed by atoms with E-state index >= 15 is 0 Å². The number of benzene rings is 4. The molecule has 0 aliphatic rings. The van der Waals surface area contributed by atoms with Crippen LogP contribution >= 0.6 is 0 Å². The Labute approximate surface area is 212 Å². The van der Waals surface area contributed by atoms with Crippen molar-refractivity contribution in [3.8, 4) is 0 Å². The molecule has 0 bridgehead atoms. The molecule has 0 atom stereocenters. The number of hydrogen-bond donors (Lipinski definition) is 2. The van der Waals surface area contributed by atoms with Crippen LogP contribution in [0.2, 0.25) is 12.6 Å². The third-order valence-electron chi connectivity index (χ3n) is 7.63. The van der Waals surface area contributed by atoms with E-state index < -0.39 is 10.9 Å². The van der Waals surface area contributed by atoms with Crippen LogP contribution in [0.1, 0.15) is 35.6 Å². The second-order valence-electron chi connectivity index (χ2n) is 9.76. The molecule has 0 amide bonds. The topological polar surface area (TPSA) is 52.0 Å². The van der Waals surface area contributed by atoms with E-state index in [1.807, 2.05) is 0 Å². The molecule has 2 nitrogen and oxygen atoms in total. The zero-order valence-electron chi connectivity index (χ0n) is 20.8. The van der Waals surface area contributed by atoms with Crippen molar-refractivity contribution in [2.45, 2.75) is 36.9 Å². The lowest BCUT2D eigenvalue weighted by Gasteiger charge is -2.34. The highest BCUT2D eigenvalue weighted by Crippen LogP contribution is 2.32. The molecule has 4 aromatic carbocycles. The molecule has 0 spiro atoms. The minimum absolute atomic E-state index is 0.505. The van der Waals surface area contributed by atoms with Crippen molar-refractivity contribution in [2.75, 3.05) is 0 Å². The molecule has 0 fully saturated rings. The molecule has 4 heteroatoms. The number of hydrogen-bond acceptors (Lipinski definition) is 2. The van der Waals surface area contributed by atoms with E-state index in [9.17, 15) is 0 Å². The second kappa shape index (κ2) is 11.6. The van der Waals surface area contributed by atoms with Crippen molar-refractivity contribution in [3.63, 3.8) is 0 Å². The van der Waals surface area contributed by atoms with Crippen LogP contribution in [-0.4, -0.2) is 14.6 Å². The van der Waals surface area contributed by atoms with E-state index in [0.717, 1.165) is 33.6 Å². The molecule has 0 saturated carbocycles. The maximum atomic E-state index is 7.18. The van der Waals surface area contributed by atoms with Crippen LogP contribution in [-0.2, 0) is 10.9 Å². The molecule has 0 radical (unpaired) electrons. The Bertz CT molecular complexity index is 980. The van der Waals surface area contributed by atoms with Crippen LogP contribution in [0.15, 0.2) is 121 Å². The first kappa shape index (κ1) is 25.0. The Balaban J connectivity index is 1.54. The molecule has 0 heterocycles. The van der Waals surface area contributed by atoms with E-state index in [1.165, 1.54) is 22.3 Å². The molecular weight excluding hydrogens is 422 g/mol. The Hall–Kier alpha value is -3.07. The number of rotatable bonds is 11. The fraction of sp³-hybridized carbons (Fsp3) is 0.226. The van der Waals surface area contributed by atoms with Crippen LogP contribution in [0, 0.1) is 5.92 Å². The van der Waals surface area contributed by atoms with Crippen LogP contribution in [0.25, 0.3) is 0 Å². The average molecular weight is 458 g/mol. The molecular formula is C31H36B2N2. The maximum Gasteiger partial charge on any atom is 0.157 e. The van der Waals surface area contributed by atoms with E-state index in [4.69, 9.17) is 11.5 Å². The summed E-state index contributed by atoms with van der Waals surface area (Å²) in [5.41, 5.74) is 18.0. The summed E-state index contributed by atoms with van der Waals surface area (Å²) in [6, 6.07) is 42.1. The van der Waals surface area contributed by atoms with Gasteiger partial charge in [0.05, 0.1) is 0 Å². The van der Waals surface area contributed by atoms with Crippen molar-refractivity contribution in [3.05, 3.63) is 144 Å². The second-order valence-corrected chi connectivity index (χ2v) is 9.76. The van der Waals surface area contributed by atoms with E-state index in [1.54, 1.807) is 0 Å². The third kappa shape index (κ3) is 5.78. The standard InChI is InChI=1S/C31H36B2N2/c1-2-25(23-32-30(34,26-15-7-3-8-16-26)27-17-9-4-10-18-27)24-33-31(35,28-19-11-5-12-20-28)29-21-13-6-14-22-29/h3-22,25,32-33H,2,23-24,34-35H2,1H3. The first-order valence-electron chi connectivity index (χ1n) is 12.9. The smallest absolute Gasteiger partial charge is 0.157 e. The van der Waals surface area contributed by atoms with Crippen LogP contribution in [0.5, 0.6) is 0 Å². The molecule has 176 valence electrons. The first-order chi connectivity index (χ1) is 17.1. The minimum atomic E-state index is -0.505. The van der Waals surface area contributed by atoms with Crippen LogP contribution < -0.4 is 11.5 Å². The van der Waals surface area contributed by atoms with Crippen LogP contribution in [0.4, 0.5) is 0 Å². The van der Waals surface area contributed by atoms with Gasteiger partial charge in [0.2, 0.25) is 0 Å². The lowest BCUT2D eigenvalue weighted by molar-refractivity contribution is 0.596. The summed E-state index contributed by atoms with van der Waals surface area (Å²) >= 11 is 0. The normalized spacial score (nSPS) is 11.9. The molecule has 0 aliphatic heterocycles. The van der Waals surface area contributed by atoms with E-state index in [2.05, 4.69) is 128 Å². The van der Waals surface area contributed by atoms with Gasteiger partial charge in [-0.2, -0.15) is 0 Å². The number of nitrogens with two attached hydrogens (primary N) is 2. The van der Waals surface area contributed by atoms with Gasteiger partial charge in [0, 0.05) is 10.9 Å². The molecule has 35 heavy (non-hydrogen) atoms. The van der Waals surface area contributed by atoms with Gasteiger partial charge in [0.15, 0.2) is 14.6 Å². The molecule has 0 aromatic heterocycles. The minimum Gasteiger partial charge on any atom is -0.325 e.